The van der Waals surface area contributed by atoms with Gasteiger partial charge in [-0.3, -0.25) is 0 Å². The molecule has 0 aromatic carbocycles. The second-order valence-corrected chi connectivity index (χ2v) is 11.7. The fourth-order valence-electron chi connectivity index (χ4n) is 2.08. The molecular weight excluding hydrogens is 186 g/mol. The zero-order valence-corrected chi connectivity index (χ0v) is 11.2. The first-order chi connectivity index (χ1) is 6.35. The van der Waals surface area contributed by atoms with E-state index in [4.69, 9.17) is 0 Å². The lowest BCUT2D eigenvalue weighted by molar-refractivity contribution is 0.427. The first-order valence-corrected chi connectivity index (χ1v) is 9.42. The van der Waals surface area contributed by atoms with E-state index in [1.165, 1.54) is 18.9 Å². The van der Waals surface area contributed by atoms with Gasteiger partial charge in [0.05, 0.1) is 0 Å². The van der Waals surface area contributed by atoms with Crippen molar-refractivity contribution in [3.63, 3.8) is 0 Å². The third-order valence-electron chi connectivity index (χ3n) is 2.80. The van der Waals surface area contributed by atoms with E-state index in [1.807, 2.05) is 0 Å². The third kappa shape index (κ3) is 4.42. The zero-order chi connectivity index (χ0) is 10.8. The van der Waals surface area contributed by atoms with Crippen molar-refractivity contribution in [2.45, 2.75) is 51.5 Å². The van der Waals surface area contributed by atoms with Crippen molar-refractivity contribution in [2.24, 2.45) is 5.41 Å². The highest BCUT2D eigenvalue weighted by Crippen LogP contribution is 2.30. The molecule has 2 heteroatoms. The molecule has 82 valence electrons. The molecule has 1 aliphatic rings. The van der Waals surface area contributed by atoms with Crippen molar-refractivity contribution >= 4 is 8.07 Å². The van der Waals surface area contributed by atoms with Gasteiger partial charge in [-0.05, 0) is 24.3 Å². The maximum Gasteiger partial charge on any atom is 0.0451 e. The molecule has 0 radical (unpaired) electrons. The van der Waals surface area contributed by atoms with Gasteiger partial charge in [0.15, 0.2) is 0 Å². The fraction of sp³-hybridized carbons (Fsp3) is 0.833. The highest BCUT2D eigenvalue weighted by Gasteiger charge is 2.30. The molecule has 0 saturated heterocycles. The first-order valence-electron chi connectivity index (χ1n) is 5.72. The van der Waals surface area contributed by atoms with Crippen LogP contribution >= 0.6 is 0 Å². The molecule has 0 aromatic rings. The van der Waals surface area contributed by atoms with Crippen LogP contribution in [0.2, 0.25) is 25.7 Å². The zero-order valence-electron chi connectivity index (χ0n) is 10.2. The molecule has 1 atom stereocenters. The van der Waals surface area contributed by atoms with Crippen LogP contribution in [0.15, 0.2) is 12.7 Å². The molecule has 1 unspecified atom stereocenters. The van der Waals surface area contributed by atoms with Gasteiger partial charge in [-0.15, -0.1) is 6.58 Å². The Hall–Kier alpha value is -0.0831. The first kappa shape index (κ1) is 12.0. The summed E-state index contributed by atoms with van der Waals surface area (Å²) in [6, 6.07) is 2.15. The lowest BCUT2D eigenvalue weighted by Crippen LogP contribution is -2.37. The summed E-state index contributed by atoms with van der Waals surface area (Å²) in [4.78, 5) is 0. The Labute approximate surface area is 90.0 Å². The van der Waals surface area contributed by atoms with Crippen LogP contribution < -0.4 is 5.32 Å². The predicted octanol–water partition coefficient (Wildman–Crippen LogP) is 3.27. The second kappa shape index (κ2) is 4.19. The van der Waals surface area contributed by atoms with Crippen molar-refractivity contribution in [3.8, 4) is 0 Å². The molecule has 0 bridgehead atoms. The molecule has 0 aliphatic heterocycles. The Kier molecular flexibility index (Phi) is 3.59. The minimum Gasteiger partial charge on any atom is -0.313 e. The lowest BCUT2D eigenvalue weighted by Gasteiger charge is -2.32. The standard InChI is InChI=1S/C12H25NSi/c1-6-12(2,10-14(3,4)5)9-13-11-7-8-11/h6,11,13H,1,7-10H2,2-5H3. The Balaban J connectivity index is 2.41. The van der Waals surface area contributed by atoms with Crippen molar-refractivity contribution in [2.75, 3.05) is 6.54 Å². The van der Waals surface area contributed by atoms with Gasteiger partial charge < -0.3 is 5.32 Å². The van der Waals surface area contributed by atoms with E-state index in [-0.39, 0.29) is 0 Å². The molecule has 0 aromatic heterocycles. The minimum absolute atomic E-state index is 0.313. The number of nitrogens with one attached hydrogen (secondary N) is 1. The van der Waals surface area contributed by atoms with Crippen LogP contribution in [0.3, 0.4) is 0 Å². The molecule has 1 rings (SSSR count). The average molecular weight is 211 g/mol. The van der Waals surface area contributed by atoms with Crippen LogP contribution in [-0.2, 0) is 0 Å². The third-order valence-corrected chi connectivity index (χ3v) is 4.67. The van der Waals surface area contributed by atoms with E-state index in [0.29, 0.717) is 5.41 Å². The van der Waals surface area contributed by atoms with Gasteiger partial charge >= 0.3 is 0 Å². The highest BCUT2D eigenvalue weighted by molar-refractivity contribution is 6.76. The quantitative estimate of drug-likeness (QED) is 0.525. The van der Waals surface area contributed by atoms with Crippen LogP contribution in [0.5, 0.6) is 0 Å². The second-order valence-electron chi connectivity index (χ2n) is 6.25. The van der Waals surface area contributed by atoms with Crippen LogP contribution in [0, 0.1) is 5.41 Å². The van der Waals surface area contributed by atoms with E-state index >= 15 is 0 Å². The number of hydrogen-bond donors (Lipinski definition) is 1. The highest BCUT2D eigenvalue weighted by atomic mass is 28.3. The number of hydrogen-bond acceptors (Lipinski definition) is 1. The molecule has 0 heterocycles. The summed E-state index contributed by atoms with van der Waals surface area (Å²) in [5.41, 5.74) is 0.313. The van der Waals surface area contributed by atoms with E-state index in [0.717, 1.165) is 12.6 Å². The molecule has 1 aliphatic carbocycles. The molecule has 1 N–H and O–H groups in total. The van der Waals surface area contributed by atoms with E-state index < -0.39 is 8.07 Å². The van der Waals surface area contributed by atoms with Gasteiger partial charge in [0.25, 0.3) is 0 Å². The van der Waals surface area contributed by atoms with Crippen LogP contribution in [-0.4, -0.2) is 20.7 Å². The molecule has 0 spiro atoms. The maximum absolute atomic E-state index is 4.00. The summed E-state index contributed by atoms with van der Waals surface area (Å²) in [6.45, 7) is 14.8. The number of rotatable bonds is 6. The van der Waals surface area contributed by atoms with Crippen molar-refractivity contribution in [1.82, 2.24) is 5.32 Å². The molecule has 0 amide bonds. The van der Waals surface area contributed by atoms with Crippen LogP contribution in [0.1, 0.15) is 19.8 Å². The monoisotopic (exact) mass is 211 g/mol. The van der Waals surface area contributed by atoms with Crippen molar-refractivity contribution in [3.05, 3.63) is 12.7 Å². The predicted molar refractivity (Wildman–Crippen MR) is 67.5 cm³/mol. The Morgan fingerprint density at radius 3 is 2.36 bits per heavy atom. The molecule has 1 fully saturated rings. The topological polar surface area (TPSA) is 12.0 Å². The summed E-state index contributed by atoms with van der Waals surface area (Å²) in [7, 11) is -0.976. The van der Waals surface area contributed by atoms with Gasteiger partial charge in [-0.25, -0.2) is 0 Å². The fourth-order valence-corrected chi connectivity index (χ4v) is 4.78. The maximum atomic E-state index is 4.00. The molecular formula is C12H25NSi. The van der Waals surface area contributed by atoms with Crippen LogP contribution in [0.4, 0.5) is 0 Å². The minimum atomic E-state index is -0.976. The average Bonchev–Trinajstić information content (AvgIpc) is 2.81. The summed E-state index contributed by atoms with van der Waals surface area (Å²) >= 11 is 0. The van der Waals surface area contributed by atoms with E-state index in [9.17, 15) is 0 Å². The van der Waals surface area contributed by atoms with Gasteiger partial charge in [-0.1, -0.05) is 32.6 Å². The SMILES string of the molecule is C=CC(C)(CNC1CC1)C[Si](C)(C)C. The Morgan fingerprint density at radius 1 is 1.43 bits per heavy atom. The van der Waals surface area contributed by atoms with Crippen molar-refractivity contribution in [1.29, 1.82) is 0 Å². The summed E-state index contributed by atoms with van der Waals surface area (Å²) in [5.74, 6) is 0. The summed E-state index contributed by atoms with van der Waals surface area (Å²) in [6.07, 6.45) is 4.90. The normalized spacial score (nSPS) is 21.7. The summed E-state index contributed by atoms with van der Waals surface area (Å²) in [5, 5.41) is 3.62. The molecule has 1 nitrogen and oxygen atoms in total. The van der Waals surface area contributed by atoms with Gasteiger partial charge in [0.1, 0.15) is 0 Å². The molecule has 1 saturated carbocycles. The van der Waals surface area contributed by atoms with Gasteiger partial charge in [0.2, 0.25) is 0 Å². The van der Waals surface area contributed by atoms with Crippen LogP contribution in [0.25, 0.3) is 0 Å². The Morgan fingerprint density at radius 2 is 2.00 bits per heavy atom. The lowest BCUT2D eigenvalue weighted by atomic mass is 9.93. The van der Waals surface area contributed by atoms with E-state index in [2.05, 4.69) is 44.5 Å². The van der Waals surface area contributed by atoms with E-state index in [1.54, 1.807) is 0 Å². The smallest absolute Gasteiger partial charge is 0.0451 e. The van der Waals surface area contributed by atoms with Gasteiger partial charge in [-0.2, -0.15) is 0 Å². The molecule has 14 heavy (non-hydrogen) atoms. The summed E-state index contributed by atoms with van der Waals surface area (Å²) < 4.78 is 0. The van der Waals surface area contributed by atoms with Crippen molar-refractivity contribution < 1.29 is 0 Å². The van der Waals surface area contributed by atoms with Gasteiger partial charge in [0, 0.05) is 20.7 Å². The largest absolute Gasteiger partial charge is 0.313 e. The Bertz CT molecular complexity index is 203.